The zero-order chi connectivity index (χ0) is 17.6. The molecule has 0 bridgehead atoms. The molecule has 2 N–H and O–H groups in total. The van der Waals surface area contributed by atoms with E-state index in [1.54, 1.807) is 11.3 Å². The second-order valence-corrected chi connectivity index (χ2v) is 7.64. The fraction of sp³-hybridized carbons (Fsp3) is 0.188. The summed E-state index contributed by atoms with van der Waals surface area (Å²) >= 11 is 1.59. The normalized spacial score (nSPS) is 11.2. The van der Waals surface area contributed by atoms with E-state index in [0.717, 1.165) is 17.0 Å². The summed E-state index contributed by atoms with van der Waals surface area (Å²) in [7, 11) is -4.04. The van der Waals surface area contributed by atoms with Crippen LogP contribution in [0.5, 0.6) is 0 Å². The number of benzene rings is 1. The summed E-state index contributed by atoms with van der Waals surface area (Å²) in [5, 5.41) is 4.64. The minimum Gasteiger partial charge on any atom is -0.352 e. The number of thiophene rings is 1. The van der Waals surface area contributed by atoms with Crippen molar-refractivity contribution < 1.29 is 17.6 Å². The van der Waals surface area contributed by atoms with Gasteiger partial charge in [0.15, 0.2) is 0 Å². The van der Waals surface area contributed by atoms with Crippen LogP contribution in [0, 0.1) is 5.82 Å². The molecule has 1 aromatic heterocycles. The van der Waals surface area contributed by atoms with E-state index in [1.165, 1.54) is 12.1 Å². The number of hydrogen-bond donors (Lipinski definition) is 2. The number of carbonyl (C=O) groups excluding carboxylic acids is 1. The van der Waals surface area contributed by atoms with Gasteiger partial charge in [0.1, 0.15) is 10.7 Å². The van der Waals surface area contributed by atoms with Gasteiger partial charge in [0.05, 0.1) is 0 Å². The Hall–Kier alpha value is -2.03. The lowest BCUT2D eigenvalue weighted by Crippen LogP contribution is -2.27. The molecular formula is C16H17FN2O3S2. The van der Waals surface area contributed by atoms with Crippen molar-refractivity contribution in [2.24, 2.45) is 0 Å². The molecule has 24 heavy (non-hydrogen) atoms. The topological polar surface area (TPSA) is 75.3 Å². The molecule has 0 saturated heterocycles. The highest BCUT2D eigenvalue weighted by molar-refractivity contribution is 7.89. The van der Waals surface area contributed by atoms with Crippen LogP contribution < -0.4 is 10.0 Å². The molecule has 0 aliphatic heterocycles. The van der Waals surface area contributed by atoms with Gasteiger partial charge in [-0.25, -0.2) is 17.5 Å². The van der Waals surface area contributed by atoms with Crippen molar-refractivity contribution in [3.8, 4) is 0 Å². The molecule has 0 fully saturated rings. The monoisotopic (exact) mass is 368 g/mol. The van der Waals surface area contributed by atoms with Gasteiger partial charge in [-0.1, -0.05) is 12.1 Å². The van der Waals surface area contributed by atoms with Gasteiger partial charge in [0.25, 0.3) is 5.91 Å². The molecule has 5 nitrogen and oxygen atoms in total. The molecule has 1 aromatic carbocycles. The molecule has 128 valence electrons. The number of sulfonamides is 1. The standard InChI is InChI=1S/C16H17FN2O3S2/c1-2-8-19-24(21,22)15-11-12(5-6-14(15)17)16(20)18-9-7-13-4-3-10-23-13/h2-6,10-11,19H,1,7-9H2,(H,18,20). The minimum absolute atomic E-state index is 0.0288. The van der Waals surface area contributed by atoms with Crippen molar-refractivity contribution in [2.45, 2.75) is 11.3 Å². The summed E-state index contributed by atoms with van der Waals surface area (Å²) in [5.41, 5.74) is 0.0848. The number of rotatable bonds is 8. The lowest BCUT2D eigenvalue weighted by Gasteiger charge is -2.09. The molecule has 0 atom stereocenters. The zero-order valence-corrected chi connectivity index (χ0v) is 14.4. The second kappa shape index (κ2) is 8.18. The van der Waals surface area contributed by atoms with Crippen molar-refractivity contribution in [3.63, 3.8) is 0 Å². The zero-order valence-electron chi connectivity index (χ0n) is 12.8. The van der Waals surface area contributed by atoms with Crippen LogP contribution in [-0.2, 0) is 16.4 Å². The van der Waals surface area contributed by atoms with E-state index in [1.807, 2.05) is 17.5 Å². The van der Waals surface area contributed by atoms with Crippen LogP contribution in [0.2, 0.25) is 0 Å². The van der Waals surface area contributed by atoms with Crippen molar-refractivity contribution in [2.75, 3.05) is 13.1 Å². The Morgan fingerprint density at radius 1 is 1.33 bits per heavy atom. The summed E-state index contributed by atoms with van der Waals surface area (Å²) in [6, 6.07) is 7.14. The predicted octanol–water partition coefficient (Wildman–Crippen LogP) is 2.32. The molecule has 0 aliphatic carbocycles. The molecule has 0 aliphatic rings. The SMILES string of the molecule is C=CCNS(=O)(=O)c1cc(C(=O)NCCc2cccs2)ccc1F. The van der Waals surface area contributed by atoms with Crippen LogP contribution >= 0.6 is 11.3 Å². The second-order valence-electron chi connectivity index (χ2n) is 4.87. The third kappa shape index (κ3) is 4.73. The highest BCUT2D eigenvalue weighted by Crippen LogP contribution is 2.16. The van der Waals surface area contributed by atoms with Gasteiger partial charge in [-0.05, 0) is 36.1 Å². The van der Waals surface area contributed by atoms with Crippen molar-refractivity contribution >= 4 is 27.3 Å². The van der Waals surface area contributed by atoms with Crippen LogP contribution in [0.15, 0.2) is 53.3 Å². The minimum atomic E-state index is -4.04. The number of carbonyl (C=O) groups is 1. The summed E-state index contributed by atoms with van der Waals surface area (Å²) in [6.45, 7) is 3.78. The van der Waals surface area contributed by atoms with Crippen molar-refractivity contribution in [1.82, 2.24) is 10.0 Å². The molecule has 0 spiro atoms. The van der Waals surface area contributed by atoms with Gasteiger partial charge >= 0.3 is 0 Å². The lowest BCUT2D eigenvalue weighted by molar-refractivity contribution is 0.0954. The van der Waals surface area contributed by atoms with E-state index in [-0.39, 0.29) is 12.1 Å². The van der Waals surface area contributed by atoms with Gasteiger partial charge in [-0.15, -0.1) is 17.9 Å². The first-order valence-corrected chi connectivity index (χ1v) is 9.51. The Morgan fingerprint density at radius 3 is 2.79 bits per heavy atom. The van der Waals surface area contributed by atoms with E-state index in [0.29, 0.717) is 13.0 Å². The average Bonchev–Trinajstić information content (AvgIpc) is 3.06. The Kier molecular flexibility index (Phi) is 6.24. The van der Waals surface area contributed by atoms with Gasteiger partial charge in [-0.2, -0.15) is 0 Å². The number of halogens is 1. The Labute approximate surface area is 144 Å². The quantitative estimate of drug-likeness (QED) is 0.702. The number of nitrogens with one attached hydrogen (secondary N) is 2. The molecule has 8 heteroatoms. The van der Waals surface area contributed by atoms with Gasteiger partial charge in [-0.3, -0.25) is 4.79 Å². The first kappa shape index (κ1) is 18.3. The molecule has 1 heterocycles. The average molecular weight is 368 g/mol. The molecular weight excluding hydrogens is 351 g/mol. The van der Waals surface area contributed by atoms with Crippen LogP contribution in [0.1, 0.15) is 15.2 Å². The van der Waals surface area contributed by atoms with E-state index in [2.05, 4.69) is 16.6 Å². The lowest BCUT2D eigenvalue weighted by atomic mass is 10.2. The number of amides is 1. The largest absolute Gasteiger partial charge is 0.352 e. The first-order valence-electron chi connectivity index (χ1n) is 7.15. The Morgan fingerprint density at radius 2 is 2.12 bits per heavy atom. The predicted molar refractivity (Wildman–Crippen MR) is 92.1 cm³/mol. The van der Waals surface area contributed by atoms with Gasteiger partial charge < -0.3 is 5.32 Å². The van der Waals surface area contributed by atoms with Gasteiger partial charge in [0.2, 0.25) is 10.0 Å². The Bertz CT molecular complexity index is 818. The molecule has 1 amide bonds. The van der Waals surface area contributed by atoms with Crippen LogP contribution in [0.25, 0.3) is 0 Å². The maximum Gasteiger partial charge on any atom is 0.251 e. The van der Waals surface area contributed by atoms with Crippen molar-refractivity contribution in [3.05, 3.63) is 64.6 Å². The number of hydrogen-bond acceptors (Lipinski definition) is 4. The maximum atomic E-state index is 13.8. The fourth-order valence-corrected chi connectivity index (χ4v) is 3.76. The van der Waals surface area contributed by atoms with Crippen molar-refractivity contribution in [1.29, 1.82) is 0 Å². The highest BCUT2D eigenvalue weighted by Gasteiger charge is 2.20. The highest BCUT2D eigenvalue weighted by atomic mass is 32.2. The van der Waals surface area contributed by atoms with E-state index >= 15 is 0 Å². The van der Waals surface area contributed by atoms with E-state index in [9.17, 15) is 17.6 Å². The molecule has 2 aromatic rings. The third-order valence-electron chi connectivity index (χ3n) is 3.14. The fourth-order valence-electron chi connectivity index (χ4n) is 1.95. The third-order valence-corrected chi connectivity index (χ3v) is 5.51. The van der Waals surface area contributed by atoms with E-state index in [4.69, 9.17) is 0 Å². The van der Waals surface area contributed by atoms with Crippen LogP contribution in [0.4, 0.5) is 4.39 Å². The van der Waals surface area contributed by atoms with E-state index < -0.39 is 26.6 Å². The van der Waals surface area contributed by atoms with Crippen LogP contribution in [0.3, 0.4) is 0 Å². The smallest absolute Gasteiger partial charge is 0.251 e. The summed E-state index contributed by atoms with van der Waals surface area (Å²) < 4.78 is 40.0. The first-order chi connectivity index (χ1) is 11.4. The summed E-state index contributed by atoms with van der Waals surface area (Å²) in [5.74, 6) is -1.37. The molecule has 0 unspecified atom stereocenters. The maximum absolute atomic E-state index is 13.8. The summed E-state index contributed by atoms with van der Waals surface area (Å²) in [6.07, 6.45) is 2.02. The van der Waals surface area contributed by atoms with Crippen LogP contribution in [-0.4, -0.2) is 27.4 Å². The molecule has 0 saturated carbocycles. The Balaban J connectivity index is 2.09. The van der Waals surface area contributed by atoms with Gasteiger partial charge in [0, 0.05) is 23.5 Å². The summed E-state index contributed by atoms with van der Waals surface area (Å²) in [4.78, 5) is 12.7. The molecule has 2 rings (SSSR count). The molecule has 0 radical (unpaired) electrons.